The molecule has 0 fully saturated rings. The smallest absolute Gasteiger partial charge is 0.224 e. The Morgan fingerprint density at radius 1 is 1.36 bits per heavy atom. The van der Waals surface area contributed by atoms with Gasteiger partial charge in [0, 0.05) is 18.2 Å². The maximum atomic E-state index is 11.2. The van der Waals surface area contributed by atoms with Gasteiger partial charge < -0.3 is 10.4 Å². The van der Waals surface area contributed by atoms with Gasteiger partial charge in [0.2, 0.25) is 5.91 Å². The predicted molar refractivity (Wildman–Crippen MR) is 57.4 cm³/mol. The van der Waals surface area contributed by atoms with E-state index in [0.29, 0.717) is 10.9 Å². The summed E-state index contributed by atoms with van der Waals surface area (Å²) in [6.45, 7) is 0. The second kappa shape index (κ2) is 3.61. The molecular weight excluding hydrogens is 246 g/mol. The van der Waals surface area contributed by atoms with E-state index in [9.17, 15) is 9.90 Å². The summed E-state index contributed by atoms with van der Waals surface area (Å²) in [6, 6.07) is 3.44. The molecule has 0 saturated carbocycles. The molecule has 0 saturated heterocycles. The summed E-state index contributed by atoms with van der Waals surface area (Å²) in [5.41, 5.74) is 1.80. The topological polar surface area (TPSA) is 49.3 Å². The number of anilines is 1. The number of hydrogen-bond donors (Lipinski definition) is 2. The van der Waals surface area contributed by atoms with Gasteiger partial charge in [-0.1, -0.05) is 0 Å². The standard InChI is InChI=1S/C10H10BrNO2/c11-7-4-6-2-1-3-10(14)12-8(6)5-9(7)13/h4-5,13H,1-3H2,(H,12,14). The lowest BCUT2D eigenvalue weighted by Gasteiger charge is -2.08. The maximum Gasteiger partial charge on any atom is 0.224 e. The van der Waals surface area contributed by atoms with Gasteiger partial charge >= 0.3 is 0 Å². The first kappa shape index (κ1) is 9.52. The van der Waals surface area contributed by atoms with E-state index < -0.39 is 0 Å². The van der Waals surface area contributed by atoms with E-state index in [0.717, 1.165) is 24.1 Å². The molecule has 1 amide bonds. The number of phenols is 1. The lowest BCUT2D eigenvalue weighted by molar-refractivity contribution is -0.116. The van der Waals surface area contributed by atoms with Crippen LogP contribution >= 0.6 is 15.9 Å². The van der Waals surface area contributed by atoms with E-state index in [1.165, 1.54) is 0 Å². The fourth-order valence-corrected chi connectivity index (χ4v) is 1.97. The van der Waals surface area contributed by atoms with E-state index >= 15 is 0 Å². The number of benzene rings is 1. The highest BCUT2D eigenvalue weighted by Crippen LogP contribution is 2.32. The van der Waals surface area contributed by atoms with Crippen molar-refractivity contribution in [2.45, 2.75) is 19.3 Å². The highest BCUT2D eigenvalue weighted by Gasteiger charge is 2.14. The molecule has 0 radical (unpaired) electrons. The number of aromatic hydroxyl groups is 1. The molecule has 2 N–H and O–H groups in total. The molecule has 4 heteroatoms. The molecule has 0 aromatic heterocycles. The van der Waals surface area contributed by atoms with Crippen LogP contribution < -0.4 is 5.32 Å². The number of aryl methyl sites for hydroxylation is 1. The summed E-state index contributed by atoms with van der Waals surface area (Å²) in [6.07, 6.45) is 2.27. The number of hydrogen-bond acceptors (Lipinski definition) is 2. The van der Waals surface area contributed by atoms with Crippen molar-refractivity contribution in [3.63, 3.8) is 0 Å². The molecule has 14 heavy (non-hydrogen) atoms. The van der Waals surface area contributed by atoms with Crippen molar-refractivity contribution in [1.82, 2.24) is 0 Å². The van der Waals surface area contributed by atoms with Crippen LogP contribution in [0.2, 0.25) is 0 Å². The molecule has 1 aliphatic rings. The van der Waals surface area contributed by atoms with Gasteiger partial charge in [0.25, 0.3) is 0 Å². The highest BCUT2D eigenvalue weighted by molar-refractivity contribution is 9.10. The van der Waals surface area contributed by atoms with Crippen molar-refractivity contribution in [3.05, 3.63) is 22.2 Å². The van der Waals surface area contributed by atoms with Crippen molar-refractivity contribution >= 4 is 27.5 Å². The van der Waals surface area contributed by atoms with E-state index in [1.807, 2.05) is 6.07 Å². The Balaban J connectivity index is 2.46. The molecule has 0 aliphatic carbocycles. The average Bonchev–Trinajstić information content (AvgIpc) is 2.28. The van der Waals surface area contributed by atoms with Crippen LogP contribution in [0.15, 0.2) is 16.6 Å². The van der Waals surface area contributed by atoms with Crippen molar-refractivity contribution in [1.29, 1.82) is 0 Å². The summed E-state index contributed by atoms with van der Waals surface area (Å²) in [4.78, 5) is 11.2. The molecule has 1 aromatic carbocycles. The Bertz CT molecular complexity index is 390. The number of nitrogens with one attached hydrogen (secondary N) is 1. The first-order valence-electron chi connectivity index (χ1n) is 4.48. The lowest BCUT2D eigenvalue weighted by atomic mass is 10.1. The zero-order chi connectivity index (χ0) is 10.1. The van der Waals surface area contributed by atoms with Crippen LogP contribution in [0.4, 0.5) is 5.69 Å². The zero-order valence-corrected chi connectivity index (χ0v) is 9.10. The van der Waals surface area contributed by atoms with Crippen LogP contribution in [-0.4, -0.2) is 11.0 Å². The Labute approximate surface area is 90.3 Å². The summed E-state index contributed by atoms with van der Waals surface area (Å²) in [5.74, 6) is 0.177. The fourth-order valence-electron chi connectivity index (χ4n) is 1.58. The van der Waals surface area contributed by atoms with Gasteiger partial charge in [0.05, 0.1) is 4.47 Å². The van der Waals surface area contributed by atoms with Crippen LogP contribution in [-0.2, 0) is 11.2 Å². The molecule has 0 atom stereocenters. The monoisotopic (exact) mass is 255 g/mol. The molecule has 0 spiro atoms. The molecule has 1 heterocycles. The molecule has 1 aliphatic heterocycles. The quantitative estimate of drug-likeness (QED) is 0.748. The minimum Gasteiger partial charge on any atom is -0.507 e. The Morgan fingerprint density at radius 2 is 2.14 bits per heavy atom. The number of fused-ring (bicyclic) bond motifs is 1. The summed E-state index contributed by atoms with van der Waals surface area (Å²) >= 11 is 3.25. The minimum atomic E-state index is 0.0190. The zero-order valence-electron chi connectivity index (χ0n) is 7.51. The third-order valence-corrected chi connectivity index (χ3v) is 2.93. The average molecular weight is 256 g/mol. The molecule has 0 bridgehead atoms. The van der Waals surface area contributed by atoms with Crippen LogP contribution in [0.5, 0.6) is 5.75 Å². The first-order chi connectivity index (χ1) is 6.66. The fraction of sp³-hybridized carbons (Fsp3) is 0.300. The summed E-state index contributed by atoms with van der Waals surface area (Å²) in [5, 5.41) is 12.2. The van der Waals surface area contributed by atoms with E-state index in [1.54, 1.807) is 6.07 Å². The second-order valence-electron chi connectivity index (χ2n) is 3.36. The van der Waals surface area contributed by atoms with E-state index in [4.69, 9.17) is 0 Å². The molecule has 0 unspecified atom stereocenters. The molecule has 1 aromatic rings. The van der Waals surface area contributed by atoms with Crippen molar-refractivity contribution < 1.29 is 9.90 Å². The van der Waals surface area contributed by atoms with Gasteiger partial charge in [-0.2, -0.15) is 0 Å². The second-order valence-corrected chi connectivity index (χ2v) is 4.22. The van der Waals surface area contributed by atoms with Gasteiger partial charge in [-0.15, -0.1) is 0 Å². The Hall–Kier alpha value is -1.03. The third kappa shape index (κ3) is 1.75. The normalized spacial score (nSPS) is 15.6. The van der Waals surface area contributed by atoms with Crippen molar-refractivity contribution in [3.8, 4) is 5.75 Å². The SMILES string of the molecule is O=C1CCCc2cc(Br)c(O)cc2N1. The lowest BCUT2D eigenvalue weighted by Crippen LogP contribution is -2.09. The van der Waals surface area contributed by atoms with Gasteiger partial charge in [-0.3, -0.25) is 4.79 Å². The molecular formula is C10H10BrNO2. The first-order valence-corrected chi connectivity index (χ1v) is 5.27. The van der Waals surface area contributed by atoms with E-state index in [-0.39, 0.29) is 11.7 Å². The van der Waals surface area contributed by atoms with Gasteiger partial charge in [0.1, 0.15) is 5.75 Å². The predicted octanol–water partition coefficient (Wildman–Crippen LogP) is 2.43. The van der Waals surface area contributed by atoms with Crippen LogP contribution in [0.25, 0.3) is 0 Å². The van der Waals surface area contributed by atoms with Crippen LogP contribution in [0, 0.1) is 0 Å². The Morgan fingerprint density at radius 3 is 2.93 bits per heavy atom. The summed E-state index contributed by atoms with van der Waals surface area (Å²) in [7, 11) is 0. The van der Waals surface area contributed by atoms with Gasteiger partial charge in [0.15, 0.2) is 0 Å². The maximum absolute atomic E-state index is 11.2. The Kier molecular flexibility index (Phi) is 2.46. The number of halogens is 1. The number of carbonyl (C=O) groups is 1. The largest absolute Gasteiger partial charge is 0.507 e. The number of amides is 1. The van der Waals surface area contributed by atoms with Crippen LogP contribution in [0.3, 0.4) is 0 Å². The third-order valence-electron chi connectivity index (χ3n) is 2.30. The summed E-state index contributed by atoms with van der Waals surface area (Å²) < 4.78 is 0.674. The van der Waals surface area contributed by atoms with Crippen molar-refractivity contribution in [2.24, 2.45) is 0 Å². The highest BCUT2D eigenvalue weighted by atomic mass is 79.9. The minimum absolute atomic E-state index is 0.0190. The van der Waals surface area contributed by atoms with Crippen LogP contribution in [0.1, 0.15) is 18.4 Å². The molecule has 2 rings (SSSR count). The number of carbonyl (C=O) groups excluding carboxylic acids is 1. The molecule has 74 valence electrons. The van der Waals surface area contributed by atoms with Gasteiger partial charge in [-0.25, -0.2) is 0 Å². The number of phenolic OH excluding ortho intramolecular Hbond substituents is 1. The number of rotatable bonds is 0. The van der Waals surface area contributed by atoms with E-state index in [2.05, 4.69) is 21.2 Å². The van der Waals surface area contributed by atoms with Gasteiger partial charge in [-0.05, 0) is 40.4 Å². The molecule has 3 nitrogen and oxygen atoms in total. The van der Waals surface area contributed by atoms with Crippen molar-refractivity contribution in [2.75, 3.05) is 5.32 Å².